The van der Waals surface area contributed by atoms with Crippen molar-refractivity contribution in [2.45, 2.75) is 32.2 Å². The Morgan fingerprint density at radius 3 is 2.90 bits per heavy atom. The first kappa shape index (κ1) is 14.9. The van der Waals surface area contributed by atoms with Crippen molar-refractivity contribution in [3.8, 4) is 0 Å². The van der Waals surface area contributed by atoms with Crippen molar-refractivity contribution in [2.75, 3.05) is 19.8 Å². The molecule has 1 fully saturated rings. The number of halogens is 1. The van der Waals surface area contributed by atoms with E-state index >= 15 is 0 Å². The molecule has 3 rings (SSSR count). The molecule has 0 radical (unpaired) electrons. The molecule has 0 amide bonds. The van der Waals surface area contributed by atoms with E-state index < -0.39 is 0 Å². The lowest BCUT2D eigenvalue weighted by atomic mass is 9.90. The monoisotopic (exact) mass is 307 g/mol. The molecule has 2 nitrogen and oxygen atoms in total. The molecule has 21 heavy (non-hydrogen) atoms. The zero-order chi connectivity index (χ0) is 14.7. The maximum absolute atomic E-state index is 13.4. The second-order valence-electron chi connectivity index (χ2n) is 5.71. The van der Waals surface area contributed by atoms with Gasteiger partial charge in [0.05, 0.1) is 0 Å². The highest BCUT2D eigenvalue weighted by molar-refractivity contribution is 7.19. The first-order valence-corrected chi connectivity index (χ1v) is 8.59. The lowest BCUT2D eigenvalue weighted by molar-refractivity contribution is 0.0541. The summed E-state index contributed by atoms with van der Waals surface area (Å²) in [6.45, 7) is 4.92. The van der Waals surface area contributed by atoms with E-state index in [0.29, 0.717) is 12.0 Å². The molecule has 1 aliphatic rings. The largest absolute Gasteiger partial charge is 0.381 e. The van der Waals surface area contributed by atoms with Gasteiger partial charge in [-0.2, -0.15) is 0 Å². The van der Waals surface area contributed by atoms with Crippen molar-refractivity contribution in [2.24, 2.45) is 5.92 Å². The summed E-state index contributed by atoms with van der Waals surface area (Å²) in [5.41, 5.74) is 0. The zero-order valence-corrected chi connectivity index (χ0v) is 13.2. The average molecular weight is 307 g/mol. The number of hydrogen-bond donors (Lipinski definition) is 1. The molecule has 0 bridgehead atoms. The number of benzene rings is 1. The Kier molecular flexibility index (Phi) is 4.88. The van der Waals surface area contributed by atoms with Gasteiger partial charge in [-0.15, -0.1) is 11.3 Å². The van der Waals surface area contributed by atoms with E-state index in [1.54, 1.807) is 23.5 Å². The fourth-order valence-electron chi connectivity index (χ4n) is 3.03. The van der Waals surface area contributed by atoms with E-state index in [0.717, 1.165) is 49.1 Å². The standard InChI is InChI=1S/C17H22FNOS/c1-2-7-19-17(12-5-8-20-9-6-12)16-10-13-3-4-14(18)11-15(13)21-16/h3-4,10-12,17,19H,2,5-9H2,1H3. The highest BCUT2D eigenvalue weighted by Gasteiger charge is 2.26. The summed E-state index contributed by atoms with van der Waals surface area (Å²) < 4.78 is 19.9. The zero-order valence-electron chi connectivity index (χ0n) is 12.4. The molecular weight excluding hydrogens is 285 g/mol. The van der Waals surface area contributed by atoms with Gasteiger partial charge in [0.15, 0.2) is 0 Å². The van der Waals surface area contributed by atoms with Crippen molar-refractivity contribution in [3.05, 3.63) is 35.0 Å². The summed E-state index contributed by atoms with van der Waals surface area (Å²) in [5.74, 6) is 0.461. The van der Waals surface area contributed by atoms with Crippen LogP contribution in [0, 0.1) is 11.7 Å². The molecular formula is C17H22FNOS. The van der Waals surface area contributed by atoms with Gasteiger partial charge in [0.1, 0.15) is 5.82 Å². The Bertz CT molecular complexity index is 591. The molecule has 2 aromatic rings. The maximum Gasteiger partial charge on any atom is 0.124 e. The van der Waals surface area contributed by atoms with E-state index in [2.05, 4.69) is 18.3 Å². The van der Waals surface area contributed by atoms with Crippen molar-refractivity contribution in [3.63, 3.8) is 0 Å². The van der Waals surface area contributed by atoms with Crippen LogP contribution in [0.3, 0.4) is 0 Å². The van der Waals surface area contributed by atoms with Crippen LogP contribution in [0.15, 0.2) is 24.3 Å². The fourth-order valence-corrected chi connectivity index (χ4v) is 4.29. The van der Waals surface area contributed by atoms with Gasteiger partial charge >= 0.3 is 0 Å². The van der Waals surface area contributed by atoms with Crippen molar-refractivity contribution in [1.82, 2.24) is 5.32 Å². The minimum atomic E-state index is -0.153. The second-order valence-corrected chi connectivity index (χ2v) is 6.83. The topological polar surface area (TPSA) is 21.3 Å². The summed E-state index contributed by atoms with van der Waals surface area (Å²) in [6.07, 6.45) is 3.33. The molecule has 1 saturated heterocycles. The molecule has 1 aromatic heterocycles. The van der Waals surface area contributed by atoms with Crippen molar-refractivity contribution >= 4 is 21.4 Å². The van der Waals surface area contributed by atoms with Crippen LogP contribution in [-0.4, -0.2) is 19.8 Å². The van der Waals surface area contributed by atoms with E-state index in [1.165, 1.54) is 4.88 Å². The molecule has 0 aliphatic carbocycles. The maximum atomic E-state index is 13.4. The SMILES string of the molecule is CCCNC(c1cc2ccc(F)cc2s1)C1CCOCC1. The third kappa shape index (κ3) is 3.44. The first-order chi connectivity index (χ1) is 10.3. The van der Waals surface area contributed by atoms with Gasteiger partial charge in [-0.25, -0.2) is 4.39 Å². The third-order valence-electron chi connectivity index (χ3n) is 4.16. The van der Waals surface area contributed by atoms with Gasteiger partial charge in [0, 0.05) is 28.8 Å². The van der Waals surface area contributed by atoms with E-state index in [1.807, 2.05) is 6.07 Å². The summed E-state index contributed by atoms with van der Waals surface area (Å²) in [5, 5.41) is 4.84. The van der Waals surface area contributed by atoms with Crippen LogP contribution < -0.4 is 5.32 Å². The molecule has 1 aromatic carbocycles. The molecule has 0 spiro atoms. The Morgan fingerprint density at radius 1 is 1.33 bits per heavy atom. The number of nitrogens with one attached hydrogen (secondary N) is 1. The minimum Gasteiger partial charge on any atom is -0.381 e. The highest BCUT2D eigenvalue weighted by atomic mass is 32.1. The van der Waals surface area contributed by atoms with Crippen LogP contribution in [0.25, 0.3) is 10.1 Å². The number of hydrogen-bond acceptors (Lipinski definition) is 3. The molecule has 2 heterocycles. The Balaban J connectivity index is 1.88. The van der Waals surface area contributed by atoms with Crippen LogP contribution in [-0.2, 0) is 4.74 Å². The van der Waals surface area contributed by atoms with Gasteiger partial charge in [-0.05, 0) is 55.3 Å². The normalized spacial score (nSPS) is 18.2. The van der Waals surface area contributed by atoms with Crippen LogP contribution >= 0.6 is 11.3 Å². The third-order valence-corrected chi connectivity index (χ3v) is 5.34. The van der Waals surface area contributed by atoms with E-state index in [4.69, 9.17) is 4.74 Å². The molecule has 4 heteroatoms. The summed E-state index contributed by atoms with van der Waals surface area (Å²) in [4.78, 5) is 1.33. The van der Waals surface area contributed by atoms with Crippen molar-refractivity contribution in [1.29, 1.82) is 0 Å². The summed E-state index contributed by atoms with van der Waals surface area (Å²) in [7, 11) is 0. The lowest BCUT2D eigenvalue weighted by Crippen LogP contribution is -2.32. The van der Waals surface area contributed by atoms with Crippen LogP contribution in [0.5, 0.6) is 0 Å². The molecule has 1 unspecified atom stereocenters. The second kappa shape index (κ2) is 6.86. The quantitative estimate of drug-likeness (QED) is 0.877. The van der Waals surface area contributed by atoms with Crippen LogP contribution in [0.1, 0.15) is 37.1 Å². The lowest BCUT2D eigenvalue weighted by Gasteiger charge is -2.30. The molecule has 1 aliphatic heterocycles. The average Bonchev–Trinajstić information content (AvgIpc) is 2.91. The van der Waals surface area contributed by atoms with Crippen molar-refractivity contribution < 1.29 is 9.13 Å². The Hall–Kier alpha value is -0.970. The van der Waals surface area contributed by atoms with Crippen LogP contribution in [0.2, 0.25) is 0 Å². The van der Waals surface area contributed by atoms with Gasteiger partial charge in [-0.1, -0.05) is 13.0 Å². The molecule has 1 atom stereocenters. The molecule has 114 valence electrons. The first-order valence-electron chi connectivity index (χ1n) is 7.78. The fraction of sp³-hybridized carbons (Fsp3) is 0.529. The number of rotatable bonds is 5. The summed E-state index contributed by atoms with van der Waals surface area (Å²) in [6, 6.07) is 7.66. The number of ether oxygens (including phenoxy) is 1. The van der Waals surface area contributed by atoms with E-state index in [9.17, 15) is 4.39 Å². The predicted octanol–water partition coefficient (Wildman–Crippen LogP) is 4.51. The summed E-state index contributed by atoms with van der Waals surface area (Å²) >= 11 is 1.72. The number of thiophene rings is 1. The smallest absolute Gasteiger partial charge is 0.124 e. The van der Waals surface area contributed by atoms with E-state index in [-0.39, 0.29) is 5.82 Å². The van der Waals surface area contributed by atoms with Gasteiger partial charge in [0.2, 0.25) is 0 Å². The Labute approximate surface area is 129 Å². The predicted molar refractivity (Wildman–Crippen MR) is 86.4 cm³/mol. The number of fused-ring (bicyclic) bond motifs is 1. The van der Waals surface area contributed by atoms with Gasteiger partial charge in [0.25, 0.3) is 0 Å². The highest BCUT2D eigenvalue weighted by Crippen LogP contribution is 2.37. The minimum absolute atomic E-state index is 0.153. The molecule has 0 saturated carbocycles. The molecule has 1 N–H and O–H groups in total. The van der Waals surface area contributed by atoms with Gasteiger partial charge in [-0.3, -0.25) is 0 Å². The van der Waals surface area contributed by atoms with Gasteiger partial charge < -0.3 is 10.1 Å². The van der Waals surface area contributed by atoms with Crippen LogP contribution in [0.4, 0.5) is 4.39 Å². The Morgan fingerprint density at radius 2 is 2.14 bits per heavy atom.